The highest BCUT2D eigenvalue weighted by Crippen LogP contribution is 2.34. The molecule has 3 aromatic heterocycles. The van der Waals surface area contributed by atoms with Crippen molar-refractivity contribution in [3.63, 3.8) is 0 Å². The lowest BCUT2D eigenvalue weighted by atomic mass is 9.91. The van der Waals surface area contributed by atoms with Gasteiger partial charge in [0.05, 0.1) is 28.1 Å². The average molecular weight is 603 g/mol. The largest absolute Gasteiger partial charge is 0.434 e. The third-order valence-corrected chi connectivity index (χ3v) is 9.26. The van der Waals surface area contributed by atoms with Gasteiger partial charge in [0.2, 0.25) is 5.95 Å². The summed E-state index contributed by atoms with van der Waals surface area (Å²) in [6, 6.07) is 8.36. The number of pyridine rings is 2. The van der Waals surface area contributed by atoms with Crippen molar-refractivity contribution in [2.24, 2.45) is 0 Å². The number of aryl methyl sites for hydroxylation is 1. The van der Waals surface area contributed by atoms with Crippen molar-refractivity contribution in [2.45, 2.75) is 61.5 Å². The summed E-state index contributed by atoms with van der Waals surface area (Å²) in [5, 5.41) is 3.43. The summed E-state index contributed by atoms with van der Waals surface area (Å²) in [7, 11) is -0.348. The zero-order chi connectivity index (χ0) is 30.2. The van der Waals surface area contributed by atoms with Gasteiger partial charge in [-0.2, -0.15) is 13.2 Å². The van der Waals surface area contributed by atoms with Crippen molar-refractivity contribution in [2.75, 3.05) is 19.4 Å². The highest BCUT2D eigenvalue weighted by Gasteiger charge is 2.39. The molecule has 13 heteroatoms. The number of rotatable bonds is 7. The molecular weight excluding hydrogens is 572 g/mol. The van der Waals surface area contributed by atoms with Gasteiger partial charge in [-0.3, -0.25) is 4.98 Å². The van der Waals surface area contributed by atoms with Crippen LogP contribution in [0.25, 0.3) is 22.3 Å². The maximum Gasteiger partial charge on any atom is 0.434 e. The summed E-state index contributed by atoms with van der Waals surface area (Å²) in [6.07, 6.45) is 1.73. The third-order valence-electron chi connectivity index (χ3n) is 7.57. The lowest BCUT2D eigenvalue weighted by molar-refractivity contribution is -0.143. The van der Waals surface area contributed by atoms with Crippen LogP contribution in [0.2, 0.25) is 0 Å². The van der Waals surface area contributed by atoms with Crippen molar-refractivity contribution >= 4 is 26.8 Å². The predicted molar refractivity (Wildman–Crippen MR) is 151 cm³/mol. The molecular formula is C29H30F4N6O2S. The van der Waals surface area contributed by atoms with Crippen LogP contribution < -0.4 is 5.32 Å². The second kappa shape index (κ2) is 11.5. The number of benzene rings is 1. The minimum Gasteiger partial charge on any atom is -0.351 e. The summed E-state index contributed by atoms with van der Waals surface area (Å²) in [6.45, 7) is 1.86. The highest BCUT2D eigenvalue weighted by molar-refractivity contribution is 7.90. The number of hydrogen-bond acceptors (Lipinski definition) is 8. The minimum atomic E-state index is -4.97. The van der Waals surface area contributed by atoms with Gasteiger partial charge in [0.25, 0.3) is 0 Å². The van der Waals surface area contributed by atoms with E-state index in [4.69, 9.17) is 0 Å². The van der Waals surface area contributed by atoms with Gasteiger partial charge in [0.15, 0.2) is 15.5 Å². The zero-order valence-electron chi connectivity index (χ0n) is 23.3. The number of sulfone groups is 1. The summed E-state index contributed by atoms with van der Waals surface area (Å²) >= 11 is 0. The van der Waals surface area contributed by atoms with E-state index in [1.165, 1.54) is 12.1 Å². The fourth-order valence-corrected chi connectivity index (χ4v) is 6.83. The van der Waals surface area contributed by atoms with Crippen LogP contribution in [0.15, 0.2) is 53.7 Å². The molecule has 0 bridgehead atoms. The second-order valence-corrected chi connectivity index (χ2v) is 12.7. The Hall–Kier alpha value is -3.71. The molecule has 3 heterocycles. The van der Waals surface area contributed by atoms with Gasteiger partial charge in [-0.15, -0.1) is 0 Å². The lowest BCUT2D eigenvalue weighted by Crippen LogP contribution is -2.36. The summed E-state index contributed by atoms with van der Waals surface area (Å²) < 4.78 is 80.7. The molecule has 1 N–H and O–H groups in total. The Balaban J connectivity index is 1.35. The van der Waals surface area contributed by atoms with E-state index < -0.39 is 38.2 Å². The highest BCUT2D eigenvalue weighted by atomic mass is 32.2. The normalized spacial score (nSPS) is 18.0. The Morgan fingerprint density at radius 1 is 1.02 bits per heavy atom. The number of hydrogen-bond donors (Lipinski definition) is 1. The van der Waals surface area contributed by atoms with E-state index >= 15 is 4.39 Å². The van der Waals surface area contributed by atoms with Gasteiger partial charge in [-0.25, -0.2) is 27.8 Å². The quantitative estimate of drug-likeness (QED) is 0.265. The van der Waals surface area contributed by atoms with Crippen LogP contribution in [0.1, 0.15) is 42.5 Å². The predicted octanol–water partition coefficient (Wildman–Crippen LogP) is 5.81. The van der Waals surface area contributed by atoms with Gasteiger partial charge in [0, 0.05) is 29.4 Å². The van der Waals surface area contributed by atoms with Gasteiger partial charge in [0.1, 0.15) is 11.3 Å². The SMILES string of the molecule is Cc1cc(-c2ccc(CS(=O)(=O)c3cccnc3C(F)(F)F)c(F)c2)nc2cnc(NC3CCC(N(C)C)CC3)nc12. The smallest absolute Gasteiger partial charge is 0.351 e. The molecule has 1 aromatic carbocycles. The van der Waals surface area contributed by atoms with Crippen molar-refractivity contribution in [1.29, 1.82) is 0 Å². The topological polar surface area (TPSA) is 101 Å². The molecule has 1 aliphatic carbocycles. The Morgan fingerprint density at radius 3 is 2.43 bits per heavy atom. The fourth-order valence-electron chi connectivity index (χ4n) is 5.28. The number of anilines is 1. The zero-order valence-corrected chi connectivity index (χ0v) is 24.1. The summed E-state index contributed by atoms with van der Waals surface area (Å²) in [5.41, 5.74) is 0.942. The fraction of sp³-hybridized carbons (Fsp3) is 0.379. The van der Waals surface area contributed by atoms with Crippen LogP contribution >= 0.6 is 0 Å². The Labute approximate surface area is 241 Å². The molecule has 222 valence electrons. The molecule has 1 aliphatic rings. The Kier molecular flexibility index (Phi) is 8.17. The van der Waals surface area contributed by atoms with Gasteiger partial charge < -0.3 is 10.2 Å². The van der Waals surface area contributed by atoms with Crippen LogP contribution in [-0.4, -0.2) is 59.4 Å². The molecule has 0 aliphatic heterocycles. The first-order valence-electron chi connectivity index (χ1n) is 13.4. The number of nitrogens with zero attached hydrogens (tertiary/aromatic N) is 5. The average Bonchev–Trinajstić information content (AvgIpc) is 2.94. The molecule has 0 atom stereocenters. The van der Waals surface area contributed by atoms with E-state index in [1.807, 2.05) is 6.92 Å². The molecule has 4 aromatic rings. The van der Waals surface area contributed by atoms with Crippen molar-refractivity contribution in [3.8, 4) is 11.3 Å². The number of aromatic nitrogens is 4. The molecule has 0 saturated heterocycles. The first-order chi connectivity index (χ1) is 19.8. The van der Waals surface area contributed by atoms with Crippen LogP contribution in [0, 0.1) is 12.7 Å². The first-order valence-corrected chi connectivity index (χ1v) is 15.1. The monoisotopic (exact) mass is 602 g/mol. The molecule has 8 nitrogen and oxygen atoms in total. The van der Waals surface area contributed by atoms with Crippen LogP contribution in [0.3, 0.4) is 0 Å². The van der Waals surface area contributed by atoms with Crippen molar-refractivity contribution in [1.82, 2.24) is 24.8 Å². The van der Waals surface area contributed by atoms with E-state index in [2.05, 4.69) is 44.2 Å². The maximum absolute atomic E-state index is 15.1. The van der Waals surface area contributed by atoms with Gasteiger partial charge in [-0.1, -0.05) is 12.1 Å². The number of nitrogens with one attached hydrogen (secondary N) is 1. The molecule has 5 rings (SSSR count). The Morgan fingerprint density at radius 2 is 1.76 bits per heavy atom. The molecule has 42 heavy (non-hydrogen) atoms. The molecule has 1 fully saturated rings. The number of halogens is 4. The van der Waals surface area contributed by atoms with Gasteiger partial charge in [-0.05, 0) is 76.5 Å². The molecule has 0 spiro atoms. The third kappa shape index (κ3) is 6.36. The molecule has 0 radical (unpaired) electrons. The maximum atomic E-state index is 15.1. The van der Waals surface area contributed by atoms with Crippen LogP contribution in [0.4, 0.5) is 23.5 Å². The lowest BCUT2D eigenvalue weighted by Gasteiger charge is -2.32. The molecule has 0 unspecified atom stereocenters. The number of fused-ring (bicyclic) bond motifs is 1. The Bertz CT molecular complexity index is 1720. The molecule has 0 amide bonds. The van der Waals surface area contributed by atoms with Crippen LogP contribution in [-0.2, 0) is 21.8 Å². The first kappa shape index (κ1) is 29.8. The molecule has 1 saturated carbocycles. The minimum absolute atomic E-state index is 0.271. The van der Waals surface area contributed by atoms with E-state index in [-0.39, 0.29) is 11.6 Å². The standard InChI is InChI=1S/C29H30F4N6O2S/c1-17-13-23(37-24-15-35-28(38-26(17)24)36-20-8-10-21(11-9-20)39(2)3)18-6-7-19(22(30)14-18)16-42(40,41)25-5-4-12-34-27(25)29(31,32)33/h4-7,12-15,20-21H,8-11,16H2,1-3H3,(H,35,36,38). The summed E-state index contributed by atoms with van der Waals surface area (Å²) in [5.74, 6) is -1.32. The summed E-state index contributed by atoms with van der Waals surface area (Å²) in [4.78, 5) is 18.1. The van der Waals surface area contributed by atoms with E-state index in [0.717, 1.165) is 55.6 Å². The second-order valence-electron chi connectivity index (χ2n) is 10.8. The van der Waals surface area contributed by atoms with E-state index in [1.54, 1.807) is 12.3 Å². The van der Waals surface area contributed by atoms with Crippen molar-refractivity contribution in [3.05, 3.63) is 71.4 Å². The van der Waals surface area contributed by atoms with E-state index in [0.29, 0.717) is 34.3 Å². The van der Waals surface area contributed by atoms with E-state index in [9.17, 15) is 21.6 Å². The van der Waals surface area contributed by atoms with Crippen LogP contribution in [0.5, 0.6) is 0 Å². The van der Waals surface area contributed by atoms with Gasteiger partial charge >= 0.3 is 6.18 Å². The number of alkyl halides is 3. The van der Waals surface area contributed by atoms with Crippen molar-refractivity contribution < 1.29 is 26.0 Å².